The molecule has 10 nitrogen and oxygen atoms in total. The Morgan fingerprint density at radius 3 is 2.47 bits per heavy atom. The highest BCUT2D eigenvalue weighted by atomic mass is 16.2. The van der Waals surface area contributed by atoms with Crippen LogP contribution in [0, 0.1) is 11.8 Å². The number of rotatable bonds is 7. The number of nitrogens with two attached hydrogens (primary N) is 1. The van der Waals surface area contributed by atoms with Gasteiger partial charge < -0.3 is 10.6 Å². The van der Waals surface area contributed by atoms with Crippen LogP contribution in [0.4, 0.5) is 11.5 Å². The Morgan fingerprint density at radius 1 is 1.12 bits per heavy atom. The van der Waals surface area contributed by atoms with Crippen LogP contribution in [0.25, 0.3) is 10.8 Å². The lowest BCUT2D eigenvalue weighted by atomic mass is 10.2. The molecule has 0 aliphatic carbocycles. The Kier molecular flexibility index (Phi) is 6.61. The lowest BCUT2D eigenvalue weighted by Gasteiger charge is -2.26. The number of hydrogen-bond acceptors (Lipinski definition) is 6. The second kappa shape index (κ2) is 9.21. The third-order valence-corrected chi connectivity index (χ3v) is 4.93. The van der Waals surface area contributed by atoms with Crippen molar-refractivity contribution < 1.29 is 4.79 Å². The number of aromatic amines is 1. The number of fused-ring (bicyclic) bond motifs is 1. The highest BCUT2D eigenvalue weighted by Gasteiger charge is 2.26. The van der Waals surface area contributed by atoms with Crippen LogP contribution in [0.1, 0.15) is 27.7 Å². The normalized spacial score (nSPS) is 11.4. The molecule has 0 fully saturated rings. The first-order valence-corrected chi connectivity index (χ1v) is 10.5. The van der Waals surface area contributed by atoms with E-state index < -0.39 is 22.7 Å². The first-order chi connectivity index (χ1) is 15.1. The fraction of sp³-hybridized carbons (Fsp3) is 0.409. The lowest BCUT2D eigenvalue weighted by Crippen LogP contribution is -2.45. The number of nitrogens with one attached hydrogen (secondary N) is 1. The van der Waals surface area contributed by atoms with Gasteiger partial charge >= 0.3 is 5.69 Å². The van der Waals surface area contributed by atoms with E-state index in [0.29, 0.717) is 10.8 Å². The molecule has 3 rings (SSSR count). The minimum atomic E-state index is -0.750. The SMILES string of the molecule is CC(C)CN(C(=O)Cn1ncc2ccccc2c1=O)c1c(N)n(CC(C)C)c(=O)[nH]c1=O. The number of carbonyl (C=O) groups is 1. The molecule has 0 saturated heterocycles. The summed E-state index contributed by atoms with van der Waals surface area (Å²) in [5, 5.41) is 5.21. The van der Waals surface area contributed by atoms with Gasteiger partial charge in [0.2, 0.25) is 5.91 Å². The molecular formula is C22H28N6O4. The molecule has 3 aromatic rings. The van der Waals surface area contributed by atoms with Gasteiger partial charge in [-0.25, -0.2) is 9.48 Å². The molecule has 0 unspecified atom stereocenters. The average Bonchev–Trinajstić information content (AvgIpc) is 2.72. The summed E-state index contributed by atoms with van der Waals surface area (Å²) in [7, 11) is 0. The second-order valence-corrected chi connectivity index (χ2v) is 8.59. The largest absolute Gasteiger partial charge is 0.383 e. The molecular weight excluding hydrogens is 412 g/mol. The van der Waals surface area contributed by atoms with Crippen molar-refractivity contribution in [3.8, 4) is 0 Å². The van der Waals surface area contributed by atoms with Crippen LogP contribution < -0.4 is 27.4 Å². The van der Waals surface area contributed by atoms with Gasteiger partial charge in [0.25, 0.3) is 11.1 Å². The average molecular weight is 441 g/mol. The van der Waals surface area contributed by atoms with Crippen LogP contribution in [0.3, 0.4) is 0 Å². The Hall–Kier alpha value is -3.69. The van der Waals surface area contributed by atoms with Crippen molar-refractivity contribution in [2.45, 2.75) is 40.8 Å². The minimum Gasteiger partial charge on any atom is -0.383 e. The van der Waals surface area contributed by atoms with Crippen LogP contribution in [0.5, 0.6) is 0 Å². The van der Waals surface area contributed by atoms with Gasteiger partial charge in [-0.1, -0.05) is 45.9 Å². The molecule has 32 heavy (non-hydrogen) atoms. The van der Waals surface area contributed by atoms with Gasteiger partial charge in [0.15, 0.2) is 5.69 Å². The van der Waals surface area contributed by atoms with Gasteiger partial charge in [0.1, 0.15) is 12.4 Å². The van der Waals surface area contributed by atoms with Crippen LogP contribution in [0.2, 0.25) is 0 Å². The fourth-order valence-electron chi connectivity index (χ4n) is 3.52. The molecule has 0 aliphatic rings. The van der Waals surface area contributed by atoms with E-state index in [9.17, 15) is 19.2 Å². The van der Waals surface area contributed by atoms with Crippen molar-refractivity contribution in [1.29, 1.82) is 0 Å². The molecule has 10 heteroatoms. The molecule has 1 aromatic carbocycles. The summed E-state index contributed by atoms with van der Waals surface area (Å²) in [6.07, 6.45) is 1.51. The van der Waals surface area contributed by atoms with Gasteiger partial charge in [-0.05, 0) is 17.9 Å². The van der Waals surface area contributed by atoms with Gasteiger partial charge in [-0.15, -0.1) is 0 Å². The van der Waals surface area contributed by atoms with E-state index in [0.717, 1.165) is 4.68 Å². The molecule has 0 saturated carbocycles. The third-order valence-electron chi connectivity index (χ3n) is 4.93. The molecule has 1 amide bonds. The minimum absolute atomic E-state index is 0.00971. The predicted octanol–water partition coefficient (Wildman–Crippen LogP) is 1.17. The van der Waals surface area contributed by atoms with Gasteiger partial charge in [-0.3, -0.25) is 23.9 Å². The number of nitrogens with zero attached hydrogens (tertiary/aromatic N) is 4. The summed E-state index contributed by atoms with van der Waals surface area (Å²) in [5.74, 6) is -0.538. The quantitative estimate of drug-likeness (QED) is 0.566. The zero-order valence-electron chi connectivity index (χ0n) is 18.7. The summed E-state index contributed by atoms with van der Waals surface area (Å²) in [5.41, 5.74) is 4.32. The molecule has 0 atom stereocenters. The van der Waals surface area contributed by atoms with E-state index in [-0.39, 0.29) is 43.0 Å². The van der Waals surface area contributed by atoms with Gasteiger partial charge in [0.05, 0.1) is 11.6 Å². The standard InChI is InChI=1S/C22H28N6O4/c1-13(2)10-26(18-19(23)27(11-14(3)4)22(32)25-20(18)30)17(29)12-28-21(31)16-8-6-5-7-15(16)9-24-28/h5-9,13-14H,10-12,23H2,1-4H3,(H,25,30,32). The topological polar surface area (TPSA) is 136 Å². The zero-order chi connectivity index (χ0) is 23.6. The number of hydrogen-bond donors (Lipinski definition) is 2. The molecule has 3 N–H and O–H groups in total. The van der Waals surface area contributed by atoms with E-state index in [2.05, 4.69) is 10.1 Å². The Labute approximate surface area is 184 Å². The van der Waals surface area contributed by atoms with Crippen molar-refractivity contribution >= 4 is 28.2 Å². The molecule has 2 heterocycles. The number of amides is 1. The van der Waals surface area contributed by atoms with Crippen LogP contribution >= 0.6 is 0 Å². The summed E-state index contributed by atoms with van der Waals surface area (Å²) < 4.78 is 2.31. The van der Waals surface area contributed by atoms with Crippen molar-refractivity contribution in [3.05, 3.63) is 61.7 Å². The smallest absolute Gasteiger partial charge is 0.330 e. The fourth-order valence-corrected chi connectivity index (χ4v) is 3.52. The summed E-state index contributed by atoms with van der Waals surface area (Å²) >= 11 is 0. The highest BCUT2D eigenvalue weighted by Crippen LogP contribution is 2.19. The van der Waals surface area contributed by atoms with Crippen molar-refractivity contribution in [2.24, 2.45) is 11.8 Å². The van der Waals surface area contributed by atoms with E-state index in [1.165, 1.54) is 15.7 Å². The number of H-pyrrole nitrogens is 1. The number of carbonyl (C=O) groups excluding carboxylic acids is 1. The Balaban J connectivity index is 2.07. The number of anilines is 2. The molecule has 0 bridgehead atoms. The maximum Gasteiger partial charge on any atom is 0.330 e. The summed E-state index contributed by atoms with van der Waals surface area (Å²) in [6.45, 7) is 7.66. The molecule has 2 aromatic heterocycles. The van der Waals surface area contributed by atoms with E-state index in [1.807, 2.05) is 27.7 Å². The first-order valence-electron chi connectivity index (χ1n) is 10.5. The van der Waals surface area contributed by atoms with Gasteiger partial charge in [0, 0.05) is 18.5 Å². The van der Waals surface area contributed by atoms with Crippen LogP contribution in [-0.2, 0) is 17.9 Å². The van der Waals surface area contributed by atoms with Crippen LogP contribution in [0.15, 0.2) is 44.8 Å². The molecule has 0 aliphatic heterocycles. The molecule has 170 valence electrons. The molecule has 0 radical (unpaired) electrons. The van der Waals surface area contributed by atoms with Crippen molar-refractivity contribution in [3.63, 3.8) is 0 Å². The number of aromatic nitrogens is 4. The van der Waals surface area contributed by atoms with Gasteiger partial charge in [-0.2, -0.15) is 5.10 Å². The third kappa shape index (κ3) is 4.63. The maximum atomic E-state index is 13.3. The van der Waals surface area contributed by atoms with E-state index in [4.69, 9.17) is 5.73 Å². The van der Waals surface area contributed by atoms with E-state index >= 15 is 0 Å². The monoisotopic (exact) mass is 440 g/mol. The zero-order valence-corrected chi connectivity index (χ0v) is 18.7. The predicted molar refractivity (Wildman–Crippen MR) is 124 cm³/mol. The Morgan fingerprint density at radius 2 is 1.81 bits per heavy atom. The van der Waals surface area contributed by atoms with Crippen molar-refractivity contribution in [2.75, 3.05) is 17.2 Å². The van der Waals surface area contributed by atoms with Crippen molar-refractivity contribution in [1.82, 2.24) is 19.3 Å². The highest BCUT2D eigenvalue weighted by molar-refractivity contribution is 5.95. The number of benzene rings is 1. The second-order valence-electron chi connectivity index (χ2n) is 8.59. The lowest BCUT2D eigenvalue weighted by molar-refractivity contribution is -0.119. The van der Waals surface area contributed by atoms with Crippen LogP contribution in [-0.4, -0.2) is 31.8 Å². The first kappa shape index (κ1) is 23.0. The van der Waals surface area contributed by atoms with E-state index in [1.54, 1.807) is 24.3 Å². The Bertz CT molecular complexity index is 1320. The summed E-state index contributed by atoms with van der Waals surface area (Å²) in [6, 6.07) is 6.96. The number of nitrogen functional groups attached to an aromatic ring is 1. The maximum absolute atomic E-state index is 13.3. The molecule has 0 spiro atoms. The summed E-state index contributed by atoms with van der Waals surface area (Å²) in [4.78, 5) is 54.6.